The monoisotopic (exact) mass is 228 g/mol. The van der Waals surface area contributed by atoms with Gasteiger partial charge in [-0.15, -0.1) is 0 Å². The molecule has 1 saturated carbocycles. The highest BCUT2D eigenvalue weighted by atomic mass is 16.6. The van der Waals surface area contributed by atoms with Crippen molar-refractivity contribution in [2.24, 2.45) is 5.41 Å². The number of nitrogens with one attached hydrogen (secondary N) is 1. The zero-order valence-corrected chi connectivity index (χ0v) is 9.96. The van der Waals surface area contributed by atoms with E-state index in [0.717, 1.165) is 12.8 Å². The van der Waals surface area contributed by atoms with E-state index >= 15 is 0 Å². The standard InChI is InChI=1S/C11H18NO4/c1-10(2,3)16-9(14)12-7-11(5-6-11)8(13)15-4/h4-7H2,1-3H3,(H,12,14). The van der Waals surface area contributed by atoms with Gasteiger partial charge in [0.2, 0.25) is 0 Å². The van der Waals surface area contributed by atoms with Crippen molar-refractivity contribution in [2.75, 3.05) is 6.54 Å². The molecule has 1 aliphatic carbocycles. The molecule has 1 N–H and O–H groups in total. The predicted molar refractivity (Wildman–Crippen MR) is 57.4 cm³/mol. The fraction of sp³-hybridized carbons (Fsp3) is 0.727. The van der Waals surface area contributed by atoms with Crippen LogP contribution in [-0.4, -0.2) is 24.2 Å². The van der Waals surface area contributed by atoms with Gasteiger partial charge in [-0.2, -0.15) is 0 Å². The fourth-order valence-electron chi connectivity index (χ4n) is 1.31. The van der Waals surface area contributed by atoms with Crippen LogP contribution in [0.25, 0.3) is 0 Å². The quantitative estimate of drug-likeness (QED) is 0.745. The summed E-state index contributed by atoms with van der Waals surface area (Å²) in [6.07, 6.45) is 0.921. The fourth-order valence-corrected chi connectivity index (χ4v) is 1.31. The maximum absolute atomic E-state index is 11.3. The molecule has 1 rings (SSSR count). The van der Waals surface area contributed by atoms with Gasteiger partial charge in [0.1, 0.15) is 12.7 Å². The van der Waals surface area contributed by atoms with Crippen molar-refractivity contribution in [3.63, 3.8) is 0 Å². The van der Waals surface area contributed by atoms with Crippen LogP contribution < -0.4 is 5.32 Å². The Hall–Kier alpha value is -1.26. The number of carbonyl (C=O) groups is 2. The van der Waals surface area contributed by atoms with Gasteiger partial charge in [-0.3, -0.25) is 4.79 Å². The molecule has 1 fully saturated rings. The molecule has 0 unspecified atom stereocenters. The number of rotatable bonds is 3. The molecule has 16 heavy (non-hydrogen) atoms. The smallest absolute Gasteiger partial charge is 0.407 e. The van der Waals surface area contributed by atoms with Gasteiger partial charge >= 0.3 is 12.1 Å². The van der Waals surface area contributed by atoms with Crippen LogP contribution in [0.5, 0.6) is 0 Å². The summed E-state index contributed by atoms with van der Waals surface area (Å²) in [5.41, 5.74) is -1.10. The first-order valence-electron chi connectivity index (χ1n) is 5.22. The van der Waals surface area contributed by atoms with Gasteiger partial charge < -0.3 is 14.8 Å². The first kappa shape index (κ1) is 12.8. The van der Waals surface area contributed by atoms with Crippen molar-refractivity contribution in [1.29, 1.82) is 0 Å². The topological polar surface area (TPSA) is 64.6 Å². The molecule has 5 nitrogen and oxygen atoms in total. The first-order chi connectivity index (χ1) is 7.29. The normalized spacial score (nSPS) is 17.5. The molecule has 0 heterocycles. The molecule has 0 atom stereocenters. The van der Waals surface area contributed by atoms with E-state index in [2.05, 4.69) is 17.2 Å². The van der Waals surface area contributed by atoms with E-state index < -0.39 is 17.1 Å². The summed E-state index contributed by atoms with van der Waals surface area (Å²) in [4.78, 5) is 22.7. The second-order valence-corrected chi connectivity index (χ2v) is 5.07. The second kappa shape index (κ2) is 4.31. The zero-order chi connectivity index (χ0) is 12.4. The molecule has 0 bridgehead atoms. The molecule has 0 aromatic heterocycles. The molecule has 1 amide bonds. The van der Waals surface area contributed by atoms with Crippen LogP contribution in [0.1, 0.15) is 33.6 Å². The van der Waals surface area contributed by atoms with Crippen LogP contribution in [0.3, 0.4) is 0 Å². The van der Waals surface area contributed by atoms with Gasteiger partial charge in [-0.25, -0.2) is 4.79 Å². The first-order valence-corrected chi connectivity index (χ1v) is 5.22. The Bertz CT molecular complexity index is 289. The molecule has 91 valence electrons. The Morgan fingerprint density at radius 2 is 1.94 bits per heavy atom. The van der Waals surface area contributed by atoms with Crippen LogP contribution in [0.2, 0.25) is 0 Å². The number of hydrogen-bond acceptors (Lipinski definition) is 4. The highest BCUT2D eigenvalue weighted by Gasteiger charge is 2.51. The maximum Gasteiger partial charge on any atom is 0.407 e. The summed E-state index contributed by atoms with van der Waals surface area (Å²) >= 11 is 0. The third-order valence-electron chi connectivity index (χ3n) is 2.39. The van der Waals surface area contributed by atoms with Crippen molar-refractivity contribution < 1.29 is 19.1 Å². The number of hydrogen-bond donors (Lipinski definition) is 1. The summed E-state index contributed by atoms with van der Waals surface area (Å²) in [5, 5.41) is 2.57. The van der Waals surface area contributed by atoms with Crippen molar-refractivity contribution >= 4 is 12.1 Å². The van der Waals surface area contributed by atoms with Crippen molar-refractivity contribution in [3.8, 4) is 0 Å². The molecule has 0 saturated heterocycles. The molecule has 0 aromatic carbocycles. The number of esters is 1. The van der Waals surface area contributed by atoms with Crippen LogP contribution in [0.15, 0.2) is 0 Å². The Kier molecular flexibility index (Phi) is 3.45. The van der Waals surface area contributed by atoms with Crippen LogP contribution >= 0.6 is 0 Å². The lowest BCUT2D eigenvalue weighted by atomic mass is 10.1. The summed E-state index contributed by atoms with van der Waals surface area (Å²) in [6.45, 7) is 5.59. The van der Waals surface area contributed by atoms with Gasteiger partial charge in [-0.1, -0.05) is 0 Å². The van der Waals surface area contributed by atoms with E-state index in [-0.39, 0.29) is 12.5 Å². The average molecular weight is 228 g/mol. The molecule has 0 aliphatic heterocycles. The molecule has 1 radical (unpaired) electrons. The number of ether oxygens (including phenoxy) is 2. The summed E-state index contributed by atoms with van der Waals surface area (Å²) < 4.78 is 9.49. The zero-order valence-electron chi connectivity index (χ0n) is 9.96. The lowest BCUT2D eigenvalue weighted by molar-refractivity contribution is -0.144. The minimum Gasteiger partial charge on any atom is -0.462 e. The third-order valence-corrected chi connectivity index (χ3v) is 2.39. The Labute approximate surface area is 95.5 Å². The predicted octanol–water partition coefficient (Wildman–Crippen LogP) is 1.63. The molecule has 0 spiro atoms. The van der Waals surface area contributed by atoms with Gasteiger partial charge in [0.25, 0.3) is 0 Å². The minimum atomic E-state index is -0.571. The summed E-state index contributed by atoms with van der Waals surface area (Å²) in [7, 11) is 3.08. The average Bonchev–Trinajstić information content (AvgIpc) is 2.92. The van der Waals surface area contributed by atoms with Gasteiger partial charge in [0, 0.05) is 6.54 Å². The largest absolute Gasteiger partial charge is 0.462 e. The second-order valence-electron chi connectivity index (χ2n) is 5.07. The van der Waals surface area contributed by atoms with Crippen LogP contribution in [0, 0.1) is 12.5 Å². The van der Waals surface area contributed by atoms with Gasteiger partial charge in [-0.05, 0) is 33.6 Å². The van der Waals surface area contributed by atoms with E-state index in [9.17, 15) is 9.59 Å². The lowest BCUT2D eigenvalue weighted by Crippen LogP contribution is -2.38. The van der Waals surface area contributed by atoms with Crippen LogP contribution in [0.4, 0.5) is 4.79 Å². The Balaban J connectivity index is 2.35. The number of alkyl carbamates (subject to hydrolysis) is 1. The molecule has 1 aliphatic rings. The van der Waals surface area contributed by atoms with E-state index in [0.29, 0.717) is 0 Å². The SMILES string of the molecule is [CH2]OC(=O)C1(CNC(=O)OC(C)(C)C)CC1. The summed E-state index contributed by atoms with van der Waals surface area (Å²) in [6, 6.07) is 0. The minimum absolute atomic E-state index is 0.246. The Morgan fingerprint density at radius 3 is 2.31 bits per heavy atom. The number of carbonyl (C=O) groups excluding carboxylic acids is 2. The summed E-state index contributed by atoms with van der Waals surface area (Å²) in [5.74, 6) is -0.372. The van der Waals surface area contributed by atoms with E-state index in [1.165, 1.54) is 0 Å². The highest BCUT2D eigenvalue weighted by molar-refractivity contribution is 5.81. The van der Waals surface area contributed by atoms with Crippen molar-refractivity contribution in [3.05, 3.63) is 7.11 Å². The lowest BCUT2D eigenvalue weighted by Gasteiger charge is -2.21. The number of amides is 1. The van der Waals surface area contributed by atoms with E-state index in [1.807, 2.05) is 0 Å². The van der Waals surface area contributed by atoms with Gasteiger partial charge in [0.15, 0.2) is 0 Å². The Morgan fingerprint density at radius 1 is 1.38 bits per heavy atom. The third kappa shape index (κ3) is 3.40. The van der Waals surface area contributed by atoms with E-state index in [4.69, 9.17) is 4.74 Å². The molecule has 5 heteroatoms. The van der Waals surface area contributed by atoms with Crippen molar-refractivity contribution in [2.45, 2.75) is 39.2 Å². The molecular formula is C11H18NO4. The molecule has 0 aromatic rings. The molecular weight excluding hydrogens is 210 g/mol. The van der Waals surface area contributed by atoms with Crippen LogP contribution in [-0.2, 0) is 14.3 Å². The van der Waals surface area contributed by atoms with Gasteiger partial charge in [0.05, 0.1) is 5.41 Å². The van der Waals surface area contributed by atoms with E-state index in [1.54, 1.807) is 20.8 Å². The highest BCUT2D eigenvalue weighted by Crippen LogP contribution is 2.46. The maximum atomic E-state index is 11.3. The van der Waals surface area contributed by atoms with Crippen molar-refractivity contribution in [1.82, 2.24) is 5.32 Å².